The van der Waals surface area contributed by atoms with E-state index in [2.05, 4.69) is 10.2 Å². The molecule has 0 fully saturated rings. The van der Waals surface area contributed by atoms with E-state index < -0.39 is 6.23 Å². The summed E-state index contributed by atoms with van der Waals surface area (Å²) in [5.74, 6) is -0.228. The van der Waals surface area contributed by atoms with E-state index >= 15 is 0 Å². The van der Waals surface area contributed by atoms with Crippen LogP contribution < -0.4 is 10.6 Å². The summed E-state index contributed by atoms with van der Waals surface area (Å²) >= 11 is 0. The number of aromatic nitrogens is 2. The molecule has 0 saturated carbocycles. The molecule has 2 aromatic rings. The number of nitrogens with one attached hydrogen (secondary N) is 1. The van der Waals surface area contributed by atoms with Gasteiger partial charge in [0.15, 0.2) is 6.23 Å². The molecule has 1 aliphatic heterocycles. The van der Waals surface area contributed by atoms with Crippen LogP contribution in [-0.4, -0.2) is 41.5 Å². The number of carbonyl (C=O) groups is 1. The first kappa shape index (κ1) is 17.4. The Morgan fingerprint density at radius 1 is 1.48 bits per heavy atom. The molecule has 7 nitrogen and oxygen atoms in total. The number of rotatable bonds is 6. The highest BCUT2D eigenvalue weighted by atomic mass is 16.5. The van der Waals surface area contributed by atoms with Crippen molar-refractivity contribution in [3.63, 3.8) is 0 Å². The van der Waals surface area contributed by atoms with Gasteiger partial charge < -0.3 is 20.5 Å². The fourth-order valence-corrected chi connectivity index (χ4v) is 3.28. The second-order valence-corrected chi connectivity index (χ2v) is 6.25. The van der Waals surface area contributed by atoms with E-state index in [4.69, 9.17) is 10.5 Å². The van der Waals surface area contributed by atoms with Gasteiger partial charge in [0.25, 0.3) is 0 Å². The SMILES string of the molecule is COC(=O)CCc1ccc2c(c1)-c1n[nH]c(C)c1C(O)N2CCCN. The number of fused-ring (bicyclic) bond motifs is 3. The number of ether oxygens (including phenoxy) is 1. The highest BCUT2D eigenvalue weighted by molar-refractivity contribution is 5.83. The van der Waals surface area contributed by atoms with Gasteiger partial charge in [-0.3, -0.25) is 9.89 Å². The Morgan fingerprint density at radius 2 is 2.28 bits per heavy atom. The van der Waals surface area contributed by atoms with Gasteiger partial charge >= 0.3 is 5.97 Å². The number of aliphatic hydroxyl groups excluding tert-OH is 1. The van der Waals surface area contributed by atoms with Crippen LogP contribution >= 0.6 is 0 Å². The summed E-state index contributed by atoms with van der Waals surface area (Å²) in [5, 5.41) is 18.2. The fraction of sp³-hybridized carbons (Fsp3) is 0.444. The van der Waals surface area contributed by atoms with Gasteiger partial charge in [-0.2, -0.15) is 5.10 Å². The van der Waals surface area contributed by atoms with Crippen molar-refractivity contribution in [2.75, 3.05) is 25.1 Å². The van der Waals surface area contributed by atoms with Crippen molar-refractivity contribution >= 4 is 11.7 Å². The maximum atomic E-state index is 11.4. The van der Waals surface area contributed by atoms with Crippen molar-refractivity contribution in [1.82, 2.24) is 10.2 Å². The molecule has 0 bridgehead atoms. The molecule has 1 aromatic heterocycles. The molecule has 4 N–H and O–H groups in total. The minimum Gasteiger partial charge on any atom is -0.469 e. The topological polar surface area (TPSA) is 104 Å². The summed E-state index contributed by atoms with van der Waals surface area (Å²) in [6.07, 6.45) is 0.978. The molecular formula is C18H24N4O3. The number of hydrogen-bond donors (Lipinski definition) is 3. The normalized spacial score (nSPS) is 15.7. The number of carbonyl (C=O) groups excluding carboxylic acids is 1. The van der Waals surface area contributed by atoms with Crippen molar-refractivity contribution in [2.45, 2.75) is 32.4 Å². The third kappa shape index (κ3) is 3.25. The molecule has 25 heavy (non-hydrogen) atoms. The van der Waals surface area contributed by atoms with E-state index in [1.54, 1.807) is 0 Å². The molecule has 1 unspecified atom stereocenters. The Morgan fingerprint density at radius 3 is 3.00 bits per heavy atom. The van der Waals surface area contributed by atoms with Crippen LogP contribution in [0.3, 0.4) is 0 Å². The predicted octanol–water partition coefficient (Wildman–Crippen LogP) is 1.65. The molecule has 7 heteroatoms. The largest absolute Gasteiger partial charge is 0.469 e. The molecule has 1 atom stereocenters. The zero-order valence-electron chi connectivity index (χ0n) is 14.6. The van der Waals surface area contributed by atoms with Gasteiger partial charge in [-0.05, 0) is 44.0 Å². The summed E-state index contributed by atoms with van der Waals surface area (Å²) in [6, 6.07) is 6.00. The first-order chi connectivity index (χ1) is 12.1. The molecule has 1 aliphatic rings. The number of hydrogen-bond acceptors (Lipinski definition) is 6. The lowest BCUT2D eigenvalue weighted by atomic mass is 9.94. The average Bonchev–Trinajstić information content (AvgIpc) is 3.01. The molecule has 2 heterocycles. The third-order valence-electron chi connectivity index (χ3n) is 4.62. The van der Waals surface area contributed by atoms with E-state index in [9.17, 15) is 9.90 Å². The average molecular weight is 344 g/mol. The Bertz CT molecular complexity index is 772. The molecule has 0 saturated heterocycles. The summed E-state index contributed by atoms with van der Waals surface area (Å²) in [6.45, 7) is 3.13. The lowest BCUT2D eigenvalue weighted by Gasteiger charge is -2.36. The lowest BCUT2D eigenvalue weighted by Crippen LogP contribution is -2.34. The van der Waals surface area contributed by atoms with Crippen molar-refractivity contribution in [2.24, 2.45) is 5.73 Å². The van der Waals surface area contributed by atoms with Crippen molar-refractivity contribution in [3.05, 3.63) is 35.0 Å². The molecule has 0 spiro atoms. The zero-order valence-corrected chi connectivity index (χ0v) is 14.6. The van der Waals surface area contributed by atoms with Gasteiger partial charge in [0.05, 0.1) is 7.11 Å². The molecule has 1 aromatic carbocycles. The molecule has 0 radical (unpaired) electrons. The van der Waals surface area contributed by atoms with E-state index in [-0.39, 0.29) is 5.97 Å². The molecule has 0 amide bonds. The fourth-order valence-electron chi connectivity index (χ4n) is 3.28. The third-order valence-corrected chi connectivity index (χ3v) is 4.62. The number of H-pyrrole nitrogens is 1. The number of aromatic amines is 1. The van der Waals surface area contributed by atoms with Gasteiger partial charge in [-0.15, -0.1) is 0 Å². The Hall–Kier alpha value is -2.38. The number of anilines is 1. The maximum Gasteiger partial charge on any atom is 0.305 e. The first-order valence-electron chi connectivity index (χ1n) is 8.46. The Balaban J connectivity index is 1.99. The standard InChI is InChI=1S/C18H24N4O3/c1-11-16-17(21-20-11)13-10-12(5-7-15(23)25-2)4-6-14(13)22(18(16)24)9-3-8-19/h4,6,10,18,24H,3,5,7-9,19H2,1-2H3,(H,20,21). The van der Waals surface area contributed by atoms with Crippen LogP contribution in [0.25, 0.3) is 11.3 Å². The monoisotopic (exact) mass is 344 g/mol. The minimum absolute atomic E-state index is 0.228. The molecule has 3 rings (SSSR count). The highest BCUT2D eigenvalue weighted by Gasteiger charge is 2.33. The number of nitrogens with zero attached hydrogens (tertiary/aromatic N) is 2. The zero-order chi connectivity index (χ0) is 18.0. The number of esters is 1. The van der Waals surface area contributed by atoms with Crippen LogP contribution in [-0.2, 0) is 16.0 Å². The number of aryl methyl sites for hydroxylation is 2. The molecular weight excluding hydrogens is 320 g/mol. The van der Waals surface area contributed by atoms with Crippen LogP contribution in [0, 0.1) is 6.92 Å². The van der Waals surface area contributed by atoms with Gasteiger partial charge in [0.1, 0.15) is 5.69 Å². The van der Waals surface area contributed by atoms with E-state index in [0.717, 1.165) is 40.2 Å². The van der Waals surface area contributed by atoms with Crippen molar-refractivity contribution < 1.29 is 14.6 Å². The minimum atomic E-state index is -0.742. The molecule has 134 valence electrons. The van der Waals surface area contributed by atoms with E-state index in [1.165, 1.54) is 7.11 Å². The van der Waals surface area contributed by atoms with Gasteiger partial charge in [-0.1, -0.05) is 6.07 Å². The Kier molecular flexibility index (Phi) is 5.06. The van der Waals surface area contributed by atoms with E-state index in [1.807, 2.05) is 30.0 Å². The summed E-state index contributed by atoms with van der Waals surface area (Å²) in [5.41, 5.74) is 11.0. The van der Waals surface area contributed by atoms with Crippen LogP contribution in [0.4, 0.5) is 5.69 Å². The summed E-state index contributed by atoms with van der Waals surface area (Å²) in [7, 11) is 1.39. The second-order valence-electron chi connectivity index (χ2n) is 6.25. The van der Waals surface area contributed by atoms with Crippen LogP contribution in [0.1, 0.15) is 35.9 Å². The summed E-state index contributed by atoms with van der Waals surface area (Å²) in [4.78, 5) is 13.4. The van der Waals surface area contributed by atoms with Crippen LogP contribution in [0.15, 0.2) is 18.2 Å². The highest BCUT2D eigenvalue weighted by Crippen LogP contribution is 2.44. The maximum absolute atomic E-state index is 11.4. The van der Waals surface area contributed by atoms with Crippen molar-refractivity contribution in [1.29, 1.82) is 0 Å². The van der Waals surface area contributed by atoms with E-state index in [0.29, 0.717) is 25.9 Å². The van der Waals surface area contributed by atoms with Gasteiger partial charge in [0.2, 0.25) is 0 Å². The quantitative estimate of drug-likeness (QED) is 0.688. The predicted molar refractivity (Wildman–Crippen MR) is 95.1 cm³/mol. The van der Waals surface area contributed by atoms with Gasteiger partial charge in [0, 0.05) is 35.5 Å². The molecule has 0 aliphatic carbocycles. The number of methoxy groups -OCH3 is 1. The second kappa shape index (κ2) is 7.25. The van der Waals surface area contributed by atoms with Crippen LogP contribution in [0.5, 0.6) is 0 Å². The number of benzene rings is 1. The first-order valence-corrected chi connectivity index (χ1v) is 8.46. The Labute approximate surface area is 146 Å². The van der Waals surface area contributed by atoms with Crippen LogP contribution in [0.2, 0.25) is 0 Å². The summed E-state index contributed by atoms with van der Waals surface area (Å²) < 4.78 is 4.71. The lowest BCUT2D eigenvalue weighted by molar-refractivity contribution is -0.140. The smallest absolute Gasteiger partial charge is 0.305 e. The van der Waals surface area contributed by atoms with Crippen molar-refractivity contribution in [3.8, 4) is 11.3 Å². The number of nitrogens with two attached hydrogens (primary N) is 1. The van der Waals surface area contributed by atoms with Gasteiger partial charge in [-0.25, -0.2) is 0 Å². The number of aliphatic hydroxyl groups is 1.